The Balaban J connectivity index is 1.48. The van der Waals surface area contributed by atoms with Crippen LogP contribution < -0.4 is 15.1 Å². The van der Waals surface area contributed by atoms with Gasteiger partial charge in [0.25, 0.3) is 5.91 Å². The Bertz CT molecular complexity index is 746. The highest BCUT2D eigenvalue weighted by atomic mass is 35.5. The molecule has 0 aliphatic carbocycles. The second-order valence-corrected chi connectivity index (χ2v) is 7.79. The molecule has 1 amide bonds. The zero-order valence-electron chi connectivity index (χ0n) is 13.9. The highest BCUT2D eigenvalue weighted by Crippen LogP contribution is 2.27. The molecule has 3 rings (SSSR count). The van der Waals surface area contributed by atoms with Crippen molar-refractivity contribution in [3.05, 3.63) is 33.3 Å². The Kier molecular flexibility index (Phi) is 6.11. The first-order valence-corrected chi connectivity index (χ1v) is 9.78. The van der Waals surface area contributed by atoms with Crippen LogP contribution in [0.2, 0.25) is 10.0 Å². The van der Waals surface area contributed by atoms with Crippen LogP contribution >= 0.6 is 34.5 Å². The molecule has 1 aromatic heterocycles. The number of aryl methyl sites for hydroxylation is 1. The van der Waals surface area contributed by atoms with Crippen LogP contribution in [0.3, 0.4) is 0 Å². The number of quaternary nitrogens is 1. The van der Waals surface area contributed by atoms with Crippen LogP contribution in [0.1, 0.15) is 11.9 Å². The number of hydrogen-bond acceptors (Lipinski definition) is 5. The first kappa shape index (κ1) is 18.4. The SMILES string of the molecule is CCc1nnc(NC(=O)C[NH+]2CCN(c3ccc(Cl)c(Cl)c3)CC2)s1. The molecule has 6 nitrogen and oxygen atoms in total. The Morgan fingerprint density at radius 2 is 2.04 bits per heavy atom. The molecular formula is C16H20Cl2N5OS+. The second kappa shape index (κ2) is 8.31. The Morgan fingerprint density at radius 1 is 1.28 bits per heavy atom. The quantitative estimate of drug-likeness (QED) is 0.802. The van der Waals surface area contributed by atoms with Crippen LogP contribution in [0.25, 0.3) is 0 Å². The lowest BCUT2D eigenvalue weighted by Gasteiger charge is -2.33. The van der Waals surface area contributed by atoms with Gasteiger partial charge in [0.1, 0.15) is 5.01 Å². The van der Waals surface area contributed by atoms with E-state index in [2.05, 4.69) is 20.4 Å². The van der Waals surface area contributed by atoms with E-state index in [1.54, 1.807) is 0 Å². The molecule has 1 fully saturated rings. The van der Waals surface area contributed by atoms with E-state index in [1.807, 2.05) is 25.1 Å². The minimum absolute atomic E-state index is 0.0169. The average molecular weight is 401 g/mol. The number of piperazine rings is 1. The fourth-order valence-corrected chi connectivity index (χ4v) is 3.77. The van der Waals surface area contributed by atoms with E-state index in [0.717, 1.165) is 43.3 Å². The molecule has 1 saturated heterocycles. The number of nitrogens with zero attached hydrogens (tertiary/aromatic N) is 3. The van der Waals surface area contributed by atoms with Gasteiger partial charge in [-0.3, -0.25) is 10.1 Å². The monoisotopic (exact) mass is 400 g/mol. The maximum absolute atomic E-state index is 12.2. The molecule has 1 aliphatic heterocycles. The van der Waals surface area contributed by atoms with E-state index in [0.29, 0.717) is 21.7 Å². The van der Waals surface area contributed by atoms with Crippen molar-refractivity contribution in [3.63, 3.8) is 0 Å². The van der Waals surface area contributed by atoms with E-state index >= 15 is 0 Å². The van der Waals surface area contributed by atoms with Gasteiger partial charge < -0.3 is 9.80 Å². The lowest BCUT2D eigenvalue weighted by molar-refractivity contribution is -0.892. The van der Waals surface area contributed by atoms with Crippen LogP contribution in [0, 0.1) is 0 Å². The van der Waals surface area contributed by atoms with Gasteiger partial charge in [0, 0.05) is 5.69 Å². The zero-order valence-corrected chi connectivity index (χ0v) is 16.2. The Hall–Kier alpha value is -1.41. The molecule has 0 atom stereocenters. The lowest BCUT2D eigenvalue weighted by Crippen LogP contribution is -3.15. The number of halogens is 2. The van der Waals surface area contributed by atoms with E-state index in [9.17, 15) is 4.79 Å². The van der Waals surface area contributed by atoms with Crippen LogP contribution in [-0.4, -0.2) is 48.8 Å². The highest BCUT2D eigenvalue weighted by Gasteiger charge is 2.23. The molecule has 2 aromatic rings. The minimum atomic E-state index is -0.0169. The normalized spacial score (nSPS) is 15.4. The number of aromatic nitrogens is 2. The van der Waals surface area contributed by atoms with Gasteiger partial charge in [-0.25, -0.2) is 0 Å². The highest BCUT2D eigenvalue weighted by molar-refractivity contribution is 7.15. The van der Waals surface area contributed by atoms with Crippen molar-refractivity contribution in [2.75, 3.05) is 42.9 Å². The summed E-state index contributed by atoms with van der Waals surface area (Å²) < 4.78 is 0. The van der Waals surface area contributed by atoms with Gasteiger partial charge in [-0.1, -0.05) is 41.5 Å². The second-order valence-electron chi connectivity index (χ2n) is 5.91. The molecule has 134 valence electrons. The predicted octanol–water partition coefficient (Wildman–Crippen LogP) is 1.75. The molecule has 0 bridgehead atoms. The maximum atomic E-state index is 12.2. The fourth-order valence-electron chi connectivity index (χ4n) is 2.78. The van der Waals surface area contributed by atoms with E-state index < -0.39 is 0 Å². The standard InChI is InChI=1S/C16H19Cl2N5OS/c1-2-15-20-21-16(25-15)19-14(24)10-22-5-7-23(8-6-22)11-3-4-12(17)13(18)9-11/h3-4,9H,2,5-8,10H2,1H3,(H,19,21,24)/p+1. The van der Waals surface area contributed by atoms with Crippen molar-refractivity contribution >= 4 is 51.3 Å². The summed E-state index contributed by atoms with van der Waals surface area (Å²) in [5, 5.41) is 13.5. The first-order chi connectivity index (χ1) is 12.0. The summed E-state index contributed by atoms with van der Waals surface area (Å²) in [5.41, 5.74) is 1.07. The van der Waals surface area contributed by atoms with Gasteiger partial charge in [-0.05, 0) is 24.6 Å². The fraction of sp³-hybridized carbons (Fsp3) is 0.438. The summed E-state index contributed by atoms with van der Waals surface area (Å²) in [6.07, 6.45) is 0.829. The van der Waals surface area contributed by atoms with E-state index in [1.165, 1.54) is 16.2 Å². The Labute approximate surface area is 160 Å². The number of carbonyl (C=O) groups is 1. The summed E-state index contributed by atoms with van der Waals surface area (Å²) in [4.78, 5) is 15.7. The van der Waals surface area contributed by atoms with Crippen molar-refractivity contribution in [3.8, 4) is 0 Å². The molecule has 1 aliphatic rings. The van der Waals surface area contributed by atoms with Gasteiger partial charge in [-0.15, -0.1) is 10.2 Å². The van der Waals surface area contributed by atoms with Crippen molar-refractivity contribution < 1.29 is 9.69 Å². The molecular weight excluding hydrogens is 381 g/mol. The van der Waals surface area contributed by atoms with Crippen LogP contribution in [0.5, 0.6) is 0 Å². The molecule has 0 spiro atoms. The van der Waals surface area contributed by atoms with Gasteiger partial charge in [0.2, 0.25) is 5.13 Å². The number of hydrogen-bond donors (Lipinski definition) is 2. The summed E-state index contributed by atoms with van der Waals surface area (Å²) in [6.45, 7) is 5.99. The summed E-state index contributed by atoms with van der Waals surface area (Å²) >= 11 is 13.5. The molecule has 2 heterocycles. The molecule has 9 heteroatoms. The first-order valence-electron chi connectivity index (χ1n) is 8.21. The molecule has 2 N–H and O–H groups in total. The van der Waals surface area contributed by atoms with Crippen molar-refractivity contribution in [1.29, 1.82) is 0 Å². The largest absolute Gasteiger partial charge is 0.360 e. The van der Waals surface area contributed by atoms with Crippen LogP contribution in [0.15, 0.2) is 18.2 Å². The summed E-state index contributed by atoms with van der Waals surface area (Å²) in [5.74, 6) is -0.0169. The average Bonchev–Trinajstić information content (AvgIpc) is 3.05. The number of carbonyl (C=O) groups excluding carboxylic acids is 1. The van der Waals surface area contributed by atoms with Crippen molar-refractivity contribution in [2.45, 2.75) is 13.3 Å². The zero-order chi connectivity index (χ0) is 17.8. The number of rotatable bonds is 5. The van der Waals surface area contributed by atoms with Crippen LogP contribution in [-0.2, 0) is 11.2 Å². The van der Waals surface area contributed by atoms with Crippen molar-refractivity contribution in [1.82, 2.24) is 10.2 Å². The number of benzene rings is 1. The predicted molar refractivity (Wildman–Crippen MR) is 102 cm³/mol. The molecule has 0 radical (unpaired) electrons. The van der Waals surface area contributed by atoms with E-state index in [-0.39, 0.29) is 5.91 Å². The van der Waals surface area contributed by atoms with Crippen LogP contribution in [0.4, 0.5) is 10.8 Å². The number of nitrogens with one attached hydrogen (secondary N) is 2. The van der Waals surface area contributed by atoms with Gasteiger partial charge in [-0.2, -0.15) is 0 Å². The lowest BCUT2D eigenvalue weighted by atomic mass is 10.2. The Morgan fingerprint density at radius 3 is 2.68 bits per heavy atom. The minimum Gasteiger partial charge on any atom is -0.360 e. The van der Waals surface area contributed by atoms with Gasteiger partial charge >= 0.3 is 0 Å². The van der Waals surface area contributed by atoms with Crippen molar-refractivity contribution in [2.24, 2.45) is 0 Å². The van der Waals surface area contributed by atoms with Gasteiger partial charge in [0.15, 0.2) is 6.54 Å². The number of amides is 1. The number of anilines is 2. The third-order valence-corrected chi connectivity index (χ3v) is 5.89. The topological polar surface area (TPSA) is 62.6 Å². The smallest absolute Gasteiger partial charge is 0.281 e. The molecule has 1 aromatic carbocycles. The maximum Gasteiger partial charge on any atom is 0.281 e. The summed E-state index contributed by atoms with van der Waals surface area (Å²) in [6, 6.07) is 5.69. The molecule has 25 heavy (non-hydrogen) atoms. The summed E-state index contributed by atoms with van der Waals surface area (Å²) in [7, 11) is 0. The third-order valence-electron chi connectivity index (χ3n) is 4.17. The third kappa shape index (κ3) is 4.82. The molecule has 0 unspecified atom stereocenters. The van der Waals surface area contributed by atoms with Gasteiger partial charge in [0.05, 0.1) is 36.2 Å². The van der Waals surface area contributed by atoms with E-state index in [4.69, 9.17) is 23.2 Å². The molecule has 0 saturated carbocycles.